The first-order valence-electron chi connectivity index (χ1n) is 11.9. The highest BCUT2D eigenvalue weighted by molar-refractivity contribution is 9.10. The Bertz CT molecular complexity index is 1620. The predicted octanol–water partition coefficient (Wildman–Crippen LogP) is 5.48. The fourth-order valence-corrected chi connectivity index (χ4v) is 5.31. The van der Waals surface area contributed by atoms with Crippen molar-refractivity contribution in [3.63, 3.8) is 0 Å². The Morgan fingerprint density at radius 3 is 2.27 bits per heavy atom. The summed E-state index contributed by atoms with van der Waals surface area (Å²) in [5, 5.41) is 6.76. The van der Waals surface area contributed by atoms with E-state index >= 15 is 0 Å². The Morgan fingerprint density at radius 2 is 1.60 bits per heavy atom. The first-order chi connectivity index (χ1) is 19.1. The first-order valence-corrected chi connectivity index (χ1v) is 14.5. The number of aryl methyl sites for hydroxylation is 1. The molecule has 1 aromatic heterocycles. The number of hydrogen-bond acceptors (Lipinski definition) is 6. The van der Waals surface area contributed by atoms with Gasteiger partial charge in [-0.1, -0.05) is 57.4 Å². The zero-order chi connectivity index (χ0) is 28.7. The molecule has 0 spiro atoms. The van der Waals surface area contributed by atoms with Crippen molar-refractivity contribution in [2.75, 3.05) is 5.32 Å². The number of benzene rings is 3. The summed E-state index contributed by atoms with van der Waals surface area (Å²) in [7, 11) is -3.88. The molecule has 4 aromatic rings. The van der Waals surface area contributed by atoms with E-state index in [9.17, 15) is 18.0 Å². The second-order valence-corrected chi connectivity index (χ2v) is 12.0. The number of carbonyl (C=O) groups excluding carboxylic acids is 2. The minimum Gasteiger partial charge on any atom is -0.459 e. The van der Waals surface area contributed by atoms with Gasteiger partial charge in [0.15, 0.2) is 0 Å². The van der Waals surface area contributed by atoms with Crippen LogP contribution in [0.3, 0.4) is 0 Å². The Kier molecular flexibility index (Phi) is 9.54. The quantitative estimate of drug-likeness (QED) is 0.142. The average molecular weight is 644 g/mol. The third-order valence-corrected chi connectivity index (χ3v) is 8.20. The monoisotopic (exact) mass is 642 g/mol. The fourth-order valence-electron chi connectivity index (χ4n) is 3.53. The van der Waals surface area contributed by atoms with Crippen LogP contribution in [-0.4, -0.2) is 30.8 Å². The van der Waals surface area contributed by atoms with Crippen molar-refractivity contribution in [1.82, 2.24) is 9.73 Å². The van der Waals surface area contributed by atoms with E-state index in [0.29, 0.717) is 16.5 Å². The first kappa shape index (κ1) is 29.2. The maximum Gasteiger partial charge on any atom is 0.329 e. The van der Waals surface area contributed by atoms with Gasteiger partial charge in [-0.2, -0.15) is 9.41 Å². The van der Waals surface area contributed by atoms with Crippen LogP contribution in [0.2, 0.25) is 5.02 Å². The van der Waals surface area contributed by atoms with Gasteiger partial charge in [0, 0.05) is 21.7 Å². The number of carbonyl (C=O) groups is 2. The molecule has 2 N–H and O–H groups in total. The van der Waals surface area contributed by atoms with Gasteiger partial charge in [-0.25, -0.2) is 13.8 Å². The molecule has 12 heteroatoms. The maximum atomic E-state index is 13.5. The zero-order valence-electron chi connectivity index (χ0n) is 21.2. The Labute approximate surface area is 245 Å². The zero-order valence-corrected chi connectivity index (χ0v) is 24.3. The predicted molar refractivity (Wildman–Crippen MR) is 156 cm³/mol. The highest BCUT2D eigenvalue weighted by atomic mass is 79.9. The molecular weight excluding hydrogens is 620 g/mol. The molecule has 0 aliphatic carbocycles. The van der Waals surface area contributed by atoms with Gasteiger partial charge in [0.05, 0.1) is 17.7 Å². The highest BCUT2D eigenvalue weighted by Gasteiger charge is 2.26. The van der Waals surface area contributed by atoms with Gasteiger partial charge >= 0.3 is 11.8 Å². The number of halogens is 2. The average Bonchev–Trinajstić information content (AvgIpc) is 3.38. The molecule has 0 atom stereocenters. The van der Waals surface area contributed by atoms with Crippen LogP contribution in [0.25, 0.3) is 0 Å². The molecule has 9 nitrogen and oxygen atoms in total. The normalized spacial score (nSPS) is 11.6. The van der Waals surface area contributed by atoms with Gasteiger partial charge in [0.2, 0.25) is 10.0 Å². The smallest absolute Gasteiger partial charge is 0.329 e. The van der Waals surface area contributed by atoms with Crippen LogP contribution in [0.1, 0.15) is 22.6 Å². The summed E-state index contributed by atoms with van der Waals surface area (Å²) in [6, 6.07) is 23.4. The molecule has 2 amide bonds. The Balaban J connectivity index is 1.44. The van der Waals surface area contributed by atoms with Crippen molar-refractivity contribution in [2.24, 2.45) is 5.10 Å². The van der Waals surface area contributed by atoms with Crippen LogP contribution in [0.5, 0.6) is 0 Å². The molecular formula is C28H24BrClN4O5S. The van der Waals surface area contributed by atoms with Crippen LogP contribution in [0.15, 0.2) is 104 Å². The molecule has 0 fully saturated rings. The lowest BCUT2D eigenvalue weighted by Gasteiger charge is -2.21. The van der Waals surface area contributed by atoms with E-state index in [-0.39, 0.29) is 23.7 Å². The van der Waals surface area contributed by atoms with E-state index in [1.165, 1.54) is 10.5 Å². The number of amides is 2. The third-order valence-electron chi connectivity index (χ3n) is 5.61. The molecule has 0 bridgehead atoms. The third kappa shape index (κ3) is 7.89. The summed E-state index contributed by atoms with van der Waals surface area (Å²) in [4.78, 5) is 24.3. The van der Waals surface area contributed by atoms with Crippen LogP contribution in [0, 0.1) is 6.92 Å². The van der Waals surface area contributed by atoms with E-state index < -0.39 is 21.8 Å². The standard InChI is InChI=1S/C28H24BrClN4O5S/c1-19-2-14-26(15-3-19)40(37,38)34(17-20-4-8-22(30)9-5-20)18-25-13-12-24(39-25)16-31-33-28(36)27(35)32-23-10-6-21(29)7-11-23/h2-16H,17-18H2,1H3,(H,32,35)(H,33,36)/b31-16+. The Hall–Kier alpha value is -3.77. The minimum absolute atomic E-state index is 0.0609. The van der Waals surface area contributed by atoms with Crippen molar-refractivity contribution >= 4 is 61.3 Å². The van der Waals surface area contributed by atoms with Gasteiger partial charge in [0.1, 0.15) is 11.5 Å². The van der Waals surface area contributed by atoms with E-state index in [1.54, 1.807) is 84.9 Å². The number of nitrogens with one attached hydrogen (secondary N) is 2. The van der Waals surface area contributed by atoms with Crippen molar-refractivity contribution in [1.29, 1.82) is 0 Å². The summed E-state index contributed by atoms with van der Waals surface area (Å²) in [6.45, 7) is 1.90. The van der Waals surface area contributed by atoms with Crippen molar-refractivity contribution in [2.45, 2.75) is 24.9 Å². The van der Waals surface area contributed by atoms with Crippen LogP contribution in [0.4, 0.5) is 5.69 Å². The molecule has 3 aromatic carbocycles. The summed E-state index contributed by atoms with van der Waals surface area (Å²) >= 11 is 9.29. The summed E-state index contributed by atoms with van der Waals surface area (Å²) < 4.78 is 34.9. The molecule has 40 heavy (non-hydrogen) atoms. The molecule has 1 heterocycles. The largest absolute Gasteiger partial charge is 0.459 e. The topological polar surface area (TPSA) is 121 Å². The number of anilines is 1. The summed E-state index contributed by atoms with van der Waals surface area (Å²) in [6.07, 6.45) is 1.21. The second-order valence-electron chi connectivity index (χ2n) is 8.68. The van der Waals surface area contributed by atoms with Crippen LogP contribution in [-0.2, 0) is 32.7 Å². The van der Waals surface area contributed by atoms with Gasteiger partial charge in [-0.3, -0.25) is 9.59 Å². The lowest BCUT2D eigenvalue weighted by Crippen LogP contribution is -2.32. The maximum absolute atomic E-state index is 13.5. The number of hydrazone groups is 1. The van der Waals surface area contributed by atoms with E-state index in [1.807, 2.05) is 6.92 Å². The number of hydrogen-bond donors (Lipinski definition) is 2. The fraction of sp³-hybridized carbons (Fsp3) is 0.107. The van der Waals surface area contributed by atoms with Gasteiger partial charge in [-0.05, 0) is 73.2 Å². The summed E-state index contributed by atoms with van der Waals surface area (Å²) in [5.41, 5.74) is 4.27. The molecule has 0 saturated heterocycles. The van der Waals surface area contributed by atoms with Crippen LogP contribution < -0.4 is 10.7 Å². The molecule has 206 valence electrons. The molecule has 0 saturated carbocycles. The van der Waals surface area contributed by atoms with Crippen molar-refractivity contribution in [3.8, 4) is 0 Å². The lowest BCUT2D eigenvalue weighted by molar-refractivity contribution is -0.136. The minimum atomic E-state index is -3.88. The molecule has 4 rings (SSSR count). The summed E-state index contributed by atoms with van der Waals surface area (Å²) in [5.74, 6) is -1.25. The Morgan fingerprint density at radius 1 is 0.925 bits per heavy atom. The highest BCUT2D eigenvalue weighted by Crippen LogP contribution is 2.23. The number of nitrogens with zero attached hydrogens (tertiary/aromatic N) is 2. The molecule has 0 aliphatic rings. The van der Waals surface area contributed by atoms with Crippen molar-refractivity contribution < 1.29 is 22.4 Å². The number of furan rings is 1. The van der Waals surface area contributed by atoms with Crippen LogP contribution >= 0.6 is 27.5 Å². The van der Waals surface area contributed by atoms with Gasteiger partial charge < -0.3 is 9.73 Å². The van der Waals surface area contributed by atoms with Gasteiger partial charge in [0.25, 0.3) is 0 Å². The molecule has 0 radical (unpaired) electrons. The van der Waals surface area contributed by atoms with Crippen molar-refractivity contribution in [3.05, 3.63) is 117 Å². The van der Waals surface area contributed by atoms with Gasteiger partial charge in [-0.15, -0.1) is 0 Å². The number of sulfonamides is 1. The molecule has 0 aliphatic heterocycles. The van der Waals surface area contributed by atoms with E-state index in [4.69, 9.17) is 16.0 Å². The van der Waals surface area contributed by atoms with E-state index in [0.717, 1.165) is 15.6 Å². The lowest BCUT2D eigenvalue weighted by atomic mass is 10.2. The number of rotatable bonds is 9. The SMILES string of the molecule is Cc1ccc(S(=O)(=O)N(Cc2ccc(Cl)cc2)Cc2ccc(/C=N/NC(=O)C(=O)Nc3ccc(Br)cc3)o2)cc1. The second kappa shape index (κ2) is 13.1. The molecule has 0 unspecified atom stereocenters. The van der Waals surface area contributed by atoms with E-state index in [2.05, 4.69) is 31.8 Å².